The third kappa shape index (κ3) is 5.47. The Balaban J connectivity index is 2.58. The van der Waals surface area contributed by atoms with Gasteiger partial charge >= 0.3 is 0 Å². The molecule has 0 fully saturated rings. The molecule has 4 nitrogen and oxygen atoms in total. The van der Waals surface area contributed by atoms with Crippen LogP contribution in [0, 0.1) is 11.3 Å². The lowest BCUT2D eigenvalue weighted by Crippen LogP contribution is -2.41. The second-order valence-electron chi connectivity index (χ2n) is 5.61. The Morgan fingerprint density at radius 1 is 1.29 bits per heavy atom. The van der Waals surface area contributed by atoms with E-state index in [-0.39, 0.29) is 6.10 Å². The summed E-state index contributed by atoms with van der Waals surface area (Å²) in [6.45, 7) is 6.51. The van der Waals surface area contributed by atoms with E-state index in [4.69, 9.17) is 4.74 Å². The Morgan fingerprint density at radius 3 is 2.48 bits per heavy atom. The van der Waals surface area contributed by atoms with Gasteiger partial charge in [-0.1, -0.05) is 30.3 Å². The fraction of sp³-hybridized carbons (Fsp3) is 0.588. The molecule has 1 rings (SSSR count). The molecule has 0 saturated heterocycles. The Morgan fingerprint density at radius 2 is 1.95 bits per heavy atom. The summed E-state index contributed by atoms with van der Waals surface area (Å²) in [7, 11) is 3.91. The molecule has 0 radical (unpaired) electrons. The molecule has 0 spiro atoms. The number of hydrogen-bond donors (Lipinski definition) is 1. The molecule has 0 bridgehead atoms. The van der Waals surface area contributed by atoms with Crippen LogP contribution in [0.25, 0.3) is 0 Å². The van der Waals surface area contributed by atoms with Crippen LogP contribution in [-0.4, -0.2) is 44.8 Å². The minimum absolute atomic E-state index is 0.262. The highest BCUT2D eigenvalue weighted by atomic mass is 16.5. The minimum atomic E-state index is -0.631. The van der Waals surface area contributed by atoms with Crippen molar-refractivity contribution in [1.29, 1.82) is 5.26 Å². The average Bonchev–Trinajstić information content (AvgIpc) is 2.49. The van der Waals surface area contributed by atoms with Crippen molar-refractivity contribution in [2.24, 2.45) is 0 Å². The summed E-state index contributed by atoms with van der Waals surface area (Å²) in [5.41, 5.74) is 0.385. The van der Waals surface area contributed by atoms with Crippen molar-refractivity contribution in [3.63, 3.8) is 0 Å². The van der Waals surface area contributed by atoms with Crippen LogP contribution in [-0.2, 0) is 10.3 Å². The molecule has 0 aromatic heterocycles. The molecule has 1 aromatic carbocycles. The SMILES string of the molecule is CNC(C#N)(CCN(C)CCOC(C)C)c1ccccc1. The third-order valence-electron chi connectivity index (χ3n) is 3.68. The van der Waals surface area contributed by atoms with E-state index in [2.05, 4.69) is 23.3 Å². The van der Waals surface area contributed by atoms with E-state index < -0.39 is 5.54 Å². The molecule has 1 atom stereocenters. The quantitative estimate of drug-likeness (QED) is 0.758. The normalized spacial score (nSPS) is 14.1. The van der Waals surface area contributed by atoms with Crippen LogP contribution in [0.2, 0.25) is 0 Å². The summed E-state index contributed by atoms with van der Waals surface area (Å²) in [6, 6.07) is 12.4. The summed E-state index contributed by atoms with van der Waals surface area (Å²) in [5, 5.41) is 12.8. The lowest BCUT2D eigenvalue weighted by Gasteiger charge is -2.29. The molecule has 0 heterocycles. The maximum atomic E-state index is 9.64. The minimum Gasteiger partial charge on any atom is -0.377 e. The first-order valence-electron chi connectivity index (χ1n) is 7.50. The Labute approximate surface area is 128 Å². The van der Waals surface area contributed by atoms with Crippen LogP contribution in [0.1, 0.15) is 25.8 Å². The van der Waals surface area contributed by atoms with Crippen molar-refractivity contribution in [2.45, 2.75) is 31.9 Å². The molecule has 0 aliphatic carbocycles. The first-order chi connectivity index (χ1) is 10.0. The predicted molar refractivity (Wildman–Crippen MR) is 86.0 cm³/mol. The number of nitrogens with one attached hydrogen (secondary N) is 1. The van der Waals surface area contributed by atoms with Crippen molar-refractivity contribution in [3.8, 4) is 6.07 Å². The summed E-state index contributed by atoms with van der Waals surface area (Å²) in [4.78, 5) is 2.20. The number of likely N-dealkylation sites (N-methyl/N-ethyl adjacent to an activating group) is 1. The van der Waals surface area contributed by atoms with Gasteiger partial charge in [0.2, 0.25) is 0 Å². The van der Waals surface area contributed by atoms with Gasteiger partial charge in [-0.05, 0) is 39.9 Å². The lowest BCUT2D eigenvalue weighted by atomic mass is 9.88. The van der Waals surface area contributed by atoms with Gasteiger partial charge < -0.3 is 9.64 Å². The molecule has 1 aromatic rings. The van der Waals surface area contributed by atoms with Crippen molar-refractivity contribution in [1.82, 2.24) is 10.2 Å². The second-order valence-corrected chi connectivity index (χ2v) is 5.61. The molecule has 1 N–H and O–H groups in total. The molecule has 0 aliphatic rings. The van der Waals surface area contributed by atoms with Crippen molar-refractivity contribution < 1.29 is 4.74 Å². The molecular formula is C17H27N3O. The molecule has 4 heteroatoms. The fourth-order valence-electron chi connectivity index (χ4n) is 2.23. The average molecular weight is 289 g/mol. The summed E-state index contributed by atoms with van der Waals surface area (Å²) in [6.07, 6.45) is 1.00. The van der Waals surface area contributed by atoms with Crippen LogP contribution < -0.4 is 5.32 Å². The molecule has 116 valence electrons. The maximum absolute atomic E-state index is 9.64. The first-order valence-corrected chi connectivity index (χ1v) is 7.50. The van der Waals surface area contributed by atoms with Crippen LogP contribution >= 0.6 is 0 Å². The zero-order valence-corrected chi connectivity index (χ0v) is 13.6. The second kappa shape index (κ2) is 8.78. The number of rotatable bonds is 9. The summed E-state index contributed by atoms with van der Waals surface area (Å²) >= 11 is 0. The largest absolute Gasteiger partial charge is 0.377 e. The van der Waals surface area contributed by atoms with E-state index in [9.17, 15) is 5.26 Å². The first kappa shape index (κ1) is 17.6. The lowest BCUT2D eigenvalue weighted by molar-refractivity contribution is 0.0627. The van der Waals surface area contributed by atoms with Crippen LogP contribution in [0.15, 0.2) is 30.3 Å². The number of hydrogen-bond acceptors (Lipinski definition) is 4. The van der Waals surface area contributed by atoms with Gasteiger partial charge in [0.25, 0.3) is 0 Å². The van der Waals surface area contributed by atoms with Crippen LogP contribution in [0.5, 0.6) is 0 Å². The number of nitriles is 1. The Kier molecular flexibility index (Phi) is 7.38. The topological polar surface area (TPSA) is 48.3 Å². The van der Waals surface area contributed by atoms with Gasteiger partial charge in [-0.3, -0.25) is 5.32 Å². The predicted octanol–water partition coefficient (Wildman–Crippen LogP) is 2.37. The van der Waals surface area contributed by atoms with Gasteiger partial charge in [0.15, 0.2) is 0 Å². The monoisotopic (exact) mass is 289 g/mol. The van der Waals surface area contributed by atoms with Crippen molar-refractivity contribution in [2.75, 3.05) is 33.8 Å². The molecule has 0 saturated carbocycles. The summed E-state index contributed by atoms with van der Waals surface area (Å²) in [5.74, 6) is 0. The molecule has 0 aliphatic heterocycles. The van der Waals surface area contributed by atoms with E-state index in [1.165, 1.54) is 0 Å². The number of benzene rings is 1. The van der Waals surface area contributed by atoms with E-state index in [0.29, 0.717) is 0 Å². The number of ether oxygens (including phenoxy) is 1. The number of nitrogens with zero attached hydrogens (tertiary/aromatic N) is 2. The fourth-order valence-corrected chi connectivity index (χ4v) is 2.23. The van der Waals surface area contributed by atoms with Gasteiger partial charge in [-0.15, -0.1) is 0 Å². The Hall–Kier alpha value is -1.41. The molecule has 1 unspecified atom stereocenters. The van der Waals surface area contributed by atoms with Gasteiger partial charge in [0.1, 0.15) is 5.54 Å². The highest BCUT2D eigenvalue weighted by molar-refractivity contribution is 5.31. The molecule has 0 amide bonds. The van der Waals surface area contributed by atoms with Gasteiger partial charge in [0.05, 0.1) is 18.8 Å². The zero-order chi connectivity index (χ0) is 15.7. The highest BCUT2D eigenvalue weighted by Crippen LogP contribution is 2.24. The smallest absolute Gasteiger partial charge is 0.133 e. The zero-order valence-electron chi connectivity index (χ0n) is 13.6. The van der Waals surface area contributed by atoms with Crippen molar-refractivity contribution in [3.05, 3.63) is 35.9 Å². The van der Waals surface area contributed by atoms with Crippen molar-refractivity contribution >= 4 is 0 Å². The van der Waals surface area contributed by atoms with Crippen LogP contribution in [0.3, 0.4) is 0 Å². The van der Waals surface area contributed by atoms with E-state index in [0.717, 1.165) is 31.7 Å². The van der Waals surface area contributed by atoms with E-state index >= 15 is 0 Å². The van der Waals surface area contributed by atoms with Gasteiger partial charge in [0, 0.05) is 13.1 Å². The molecular weight excluding hydrogens is 262 g/mol. The van der Waals surface area contributed by atoms with Gasteiger partial charge in [-0.25, -0.2) is 0 Å². The standard InChI is InChI=1S/C17H27N3O/c1-15(2)21-13-12-20(4)11-10-17(14-18,19-3)16-8-6-5-7-9-16/h5-9,15,19H,10-13H2,1-4H3. The van der Waals surface area contributed by atoms with Gasteiger partial charge in [-0.2, -0.15) is 5.26 Å². The van der Waals surface area contributed by atoms with Crippen LogP contribution in [0.4, 0.5) is 0 Å². The highest BCUT2D eigenvalue weighted by Gasteiger charge is 2.30. The summed E-state index contributed by atoms with van der Waals surface area (Å²) < 4.78 is 5.56. The molecule has 21 heavy (non-hydrogen) atoms. The van der Waals surface area contributed by atoms with E-state index in [1.54, 1.807) is 0 Å². The maximum Gasteiger partial charge on any atom is 0.133 e. The Bertz CT molecular complexity index is 441. The van der Waals surface area contributed by atoms with E-state index in [1.807, 2.05) is 51.2 Å². The third-order valence-corrected chi connectivity index (χ3v) is 3.68.